The quantitative estimate of drug-likeness (QED) is 0.811. The summed E-state index contributed by atoms with van der Waals surface area (Å²) >= 11 is 0. The van der Waals surface area contributed by atoms with Gasteiger partial charge in [0.1, 0.15) is 0 Å². The van der Waals surface area contributed by atoms with Gasteiger partial charge in [-0.2, -0.15) is 0 Å². The van der Waals surface area contributed by atoms with Gasteiger partial charge in [0, 0.05) is 20.1 Å². The number of hydrogen-bond acceptors (Lipinski definition) is 4. The molecule has 1 aliphatic rings. The lowest BCUT2D eigenvalue weighted by Crippen LogP contribution is -2.43. The van der Waals surface area contributed by atoms with Crippen LogP contribution < -0.4 is 9.47 Å². The molecular weight excluding hydrogens is 316 g/mol. The summed E-state index contributed by atoms with van der Waals surface area (Å²) in [5, 5.41) is 0. The smallest absolute Gasteiger partial charge is 0.239 e. The first-order valence-corrected chi connectivity index (χ1v) is 8.42. The van der Waals surface area contributed by atoms with Crippen LogP contribution in [0.5, 0.6) is 11.5 Å². The van der Waals surface area contributed by atoms with Gasteiger partial charge in [-0.15, -0.1) is 0 Å². The molecule has 2 aromatic carbocycles. The van der Waals surface area contributed by atoms with Crippen LogP contribution in [0.2, 0.25) is 0 Å². The Hall–Kier alpha value is -2.53. The van der Waals surface area contributed by atoms with E-state index in [1.807, 2.05) is 74.4 Å². The number of ether oxygens (including phenoxy) is 2. The van der Waals surface area contributed by atoms with E-state index < -0.39 is 0 Å². The molecule has 0 aliphatic carbocycles. The molecule has 1 amide bonds. The van der Waals surface area contributed by atoms with Crippen molar-refractivity contribution in [2.75, 3.05) is 20.9 Å². The summed E-state index contributed by atoms with van der Waals surface area (Å²) in [6.45, 7) is 3.50. The molecule has 2 aromatic rings. The summed E-state index contributed by atoms with van der Waals surface area (Å²) in [5.41, 5.74) is 2.22. The van der Waals surface area contributed by atoms with E-state index in [1.165, 1.54) is 0 Å². The van der Waals surface area contributed by atoms with Crippen molar-refractivity contribution in [3.63, 3.8) is 0 Å². The molecule has 0 bridgehead atoms. The highest BCUT2D eigenvalue weighted by atomic mass is 16.7. The zero-order valence-electron chi connectivity index (χ0n) is 14.9. The van der Waals surface area contributed by atoms with E-state index in [4.69, 9.17) is 9.47 Å². The van der Waals surface area contributed by atoms with Crippen LogP contribution in [0.1, 0.15) is 18.1 Å². The fraction of sp³-hybridized carbons (Fsp3) is 0.350. The molecule has 1 heterocycles. The summed E-state index contributed by atoms with van der Waals surface area (Å²) in [4.78, 5) is 16.5. The van der Waals surface area contributed by atoms with Crippen LogP contribution >= 0.6 is 0 Å². The molecule has 132 valence electrons. The summed E-state index contributed by atoms with van der Waals surface area (Å²) < 4.78 is 10.8. The van der Waals surface area contributed by atoms with E-state index >= 15 is 0 Å². The average molecular weight is 340 g/mol. The largest absolute Gasteiger partial charge is 0.454 e. The maximum absolute atomic E-state index is 12.7. The Kier molecular flexibility index (Phi) is 5.24. The summed E-state index contributed by atoms with van der Waals surface area (Å²) in [5.74, 6) is 1.65. The lowest BCUT2D eigenvalue weighted by molar-refractivity contribution is -0.135. The maximum Gasteiger partial charge on any atom is 0.239 e. The standard InChI is InChI=1S/C20H24N2O3/c1-15(20(23)22(3)12-16-7-5-4-6-8-16)21(2)13-17-9-10-18-19(11-17)25-14-24-18/h4-11,15H,12-14H2,1-3H3/t15-/m1/s1. The number of fused-ring (bicyclic) bond motifs is 1. The second-order valence-corrected chi connectivity index (χ2v) is 6.46. The predicted octanol–water partition coefficient (Wildman–Crippen LogP) is 2.89. The lowest BCUT2D eigenvalue weighted by atomic mass is 10.1. The van der Waals surface area contributed by atoms with E-state index in [1.54, 1.807) is 4.90 Å². The van der Waals surface area contributed by atoms with Crippen molar-refractivity contribution in [3.8, 4) is 11.5 Å². The molecule has 0 N–H and O–H groups in total. The highest BCUT2D eigenvalue weighted by Crippen LogP contribution is 2.32. The van der Waals surface area contributed by atoms with Gasteiger partial charge >= 0.3 is 0 Å². The Morgan fingerprint density at radius 3 is 2.48 bits per heavy atom. The van der Waals surface area contributed by atoms with Gasteiger partial charge in [-0.05, 0) is 37.2 Å². The molecule has 3 rings (SSSR count). The van der Waals surface area contributed by atoms with Crippen molar-refractivity contribution >= 4 is 5.91 Å². The van der Waals surface area contributed by atoms with Crippen molar-refractivity contribution in [2.24, 2.45) is 0 Å². The number of rotatable bonds is 6. The predicted molar refractivity (Wildman–Crippen MR) is 96.4 cm³/mol. The minimum absolute atomic E-state index is 0.104. The van der Waals surface area contributed by atoms with Gasteiger partial charge in [0.2, 0.25) is 12.7 Å². The van der Waals surface area contributed by atoms with Gasteiger partial charge in [0.25, 0.3) is 0 Å². The van der Waals surface area contributed by atoms with Crippen LogP contribution in [-0.4, -0.2) is 42.6 Å². The first kappa shape index (κ1) is 17.3. The topological polar surface area (TPSA) is 42.0 Å². The van der Waals surface area contributed by atoms with Crippen molar-refractivity contribution in [1.82, 2.24) is 9.80 Å². The van der Waals surface area contributed by atoms with Gasteiger partial charge in [-0.25, -0.2) is 0 Å². The van der Waals surface area contributed by atoms with Crippen LogP contribution in [0, 0.1) is 0 Å². The first-order valence-electron chi connectivity index (χ1n) is 8.42. The molecule has 1 aliphatic heterocycles. The Morgan fingerprint density at radius 1 is 1.00 bits per heavy atom. The Balaban J connectivity index is 1.59. The number of nitrogens with zero attached hydrogens (tertiary/aromatic N) is 2. The number of benzene rings is 2. The number of likely N-dealkylation sites (N-methyl/N-ethyl adjacent to an activating group) is 2. The zero-order valence-corrected chi connectivity index (χ0v) is 14.9. The molecule has 0 spiro atoms. The lowest BCUT2D eigenvalue weighted by Gasteiger charge is -2.28. The van der Waals surface area contributed by atoms with Crippen LogP contribution in [0.15, 0.2) is 48.5 Å². The Morgan fingerprint density at radius 2 is 1.72 bits per heavy atom. The summed E-state index contributed by atoms with van der Waals surface area (Å²) in [6.07, 6.45) is 0. The van der Waals surface area contributed by atoms with Crippen molar-refractivity contribution in [3.05, 3.63) is 59.7 Å². The minimum Gasteiger partial charge on any atom is -0.454 e. The first-order chi connectivity index (χ1) is 12.0. The summed E-state index contributed by atoms with van der Waals surface area (Å²) in [6, 6.07) is 15.7. The number of carbonyl (C=O) groups is 1. The Labute approximate surface area is 148 Å². The van der Waals surface area contributed by atoms with Gasteiger partial charge in [0.15, 0.2) is 11.5 Å². The average Bonchev–Trinajstić information content (AvgIpc) is 3.09. The molecule has 5 nitrogen and oxygen atoms in total. The van der Waals surface area contributed by atoms with Crippen molar-refractivity contribution in [1.29, 1.82) is 0 Å². The third-order valence-electron chi connectivity index (χ3n) is 4.53. The monoisotopic (exact) mass is 340 g/mol. The fourth-order valence-corrected chi connectivity index (χ4v) is 2.91. The maximum atomic E-state index is 12.7. The number of carbonyl (C=O) groups excluding carboxylic acids is 1. The van der Waals surface area contributed by atoms with E-state index in [0.717, 1.165) is 22.6 Å². The van der Waals surface area contributed by atoms with Gasteiger partial charge in [-0.1, -0.05) is 36.4 Å². The van der Waals surface area contributed by atoms with Gasteiger partial charge in [-0.3, -0.25) is 9.69 Å². The molecule has 0 saturated carbocycles. The fourth-order valence-electron chi connectivity index (χ4n) is 2.91. The highest BCUT2D eigenvalue weighted by Gasteiger charge is 2.22. The summed E-state index contributed by atoms with van der Waals surface area (Å²) in [7, 11) is 3.81. The van der Waals surface area contributed by atoms with Crippen LogP contribution in [0.25, 0.3) is 0 Å². The molecule has 0 saturated heterocycles. The third-order valence-corrected chi connectivity index (χ3v) is 4.53. The van der Waals surface area contributed by atoms with Crippen LogP contribution in [0.4, 0.5) is 0 Å². The second kappa shape index (κ2) is 7.57. The molecule has 5 heteroatoms. The zero-order chi connectivity index (χ0) is 17.8. The van der Waals surface area contributed by atoms with E-state index in [0.29, 0.717) is 13.1 Å². The Bertz CT molecular complexity index is 733. The molecule has 0 fully saturated rings. The molecule has 0 aromatic heterocycles. The molecule has 25 heavy (non-hydrogen) atoms. The SMILES string of the molecule is C[C@H](C(=O)N(C)Cc1ccccc1)N(C)Cc1ccc2c(c1)OCO2. The molecular formula is C20H24N2O3. The van der Waals surface area contributed by atoms with Crippen LogP contribution in [0.3, 0.4) is 0 Å². The molecule has 0 radical (unpaired) electrons. The normalized spacial score (nSPS) is 13.8. The molecule has 1 atom stereocenters. The molecule has 0 unspecified atom stereocenters. The minimum atomic E-state index is -0.209. The van der Waals surface area contributed by atoms with Crippen LogP contribution in [-0.2, 0) is 17.9 Å². The van der Waals surface area contributed by atoms with Crippen molar-refractivity contribution < 1.29 is 14.3 Å². The van der Waals surface area contributed by atoms with E-state index in [-0.39, 0.29) is 18.7 Å². The second-order valence-electron chi connectivity index (χ2n) is 6.46. The van der Waals surface area contributed by atoms with Gasteiger partial charge < -0.3 is 14.4 Å². The van der Waals surface area contributed by atoms with E-state index in [9.17, 15) is 4.79 Å². The third kappa shape index (κ3) is 4.12. The number of hydrogen-bond donors (Lipinski definition) is 0. The number of amides is 1. The van der Waals surface area contributed by atoms with Gasteiger partial charge in [0.05, 0.1) is 6.04 Å². The van der Waals surface area contributed by atoms with E-state index in [2.05, 4.69) is 0 Å². The van der Waals surface area contributed by atoms with Crippen molar-refractivity contribution in [2.45, 2.75) is 26.1 Å². The highest BCUT2D eigenvalue weighted by molar-refractivity contribution is 5.81.